The standard InChI is InChI=1S/C19H16ClF3N2O2/c20-14-5-1-12(2-6-14)11-24-16(26)18(9-10-18)17(27)25-15-7-3-13(4-8-15)19(21,22)23/h1-8H,9-11H2,(H,24,26)(H,25,27). The fourth-order valence-electron chi connectivity index (χ4n) is 2.63. The van der Waals surface area contributed by atoms with Crippen molar-refractivity contribution in [1.82, 2.24) is 5.32 Å². The van der Waals surface area contributed by atoms with E-state index >= 15 is 0 Å². The van der Waals surface area contributed by atoms with Crippen LogP contribution < -0.4 is 10.6 Å². The highest BCUT2D eigenvalue weighted by Gasteiger charge is 2.56. The molecule has 2 aromatic rings. The second kappa shape index (κ2) is 7.23. The van der Waals surface area contributed by atoms with Crippen LogP contribution in [-0.2, 0) is 22.3 Å². The molecule has 0 spiro atoms. The lowest BCUT2D eigenvalue weighted by Crippen LogP contribution is -2.39. The van der Waals surface area contributed by atoms with Crippen LogP contribution in [0.15, 0.2) is 48.5 Å². The highest BCUT2D eigenvalue weighted by atomic mass is 35.5. The van der Waals surface area contributed by atoms with Crippen LogP contribution in [0.1, 0.15) is 24.0 Å². The maximum absolute atomic E-state index is 12.6. The molecule has 2 N–H and O–H groups in total. The first-order valence-electron chi connectivity index (χ1n) is 8.22. The second-order valence-corrected chi connectivity index (χ2v) is 6.86. The number of alkyl halides is 3. The number of amides is 2. The van der Waals surface area contributed by atoms with E-state index in [0.717, 1.165) is 17.7 Å². The van der Waals surface area contributed by atoms with Gasteiger partial charge in [0, 0.05) is 17.3 Å². The lowest BCUT2D eigenvalue weighted by molar-refractivity contribution is -0.137. The van der Waals surface area contributed by atoms with Gasteiger partial charge in [0.15, 0.2) is 0 Å². The van der Waals surface area contributed by atoms with Crippen LogP contribution in [0.2, 0.25) is 5.02 Å². The van der Waals surface area contributed by atoms with Crippen LogP contribution in [0.25, 0.3) is 0 Å². The number of nitrogens with one attached hydrogen (secondary N) is 2. The summed E-state index contributed by atoms with van der Waals surface area (Å²) in [7, 11) is 0. The van der Waals surface area contributed by atoms with Crippen molar-refractivity contribution in [2.24, 2.45) is 5.41 Å². The van der Waals surface area contributed by atoms with E-state index in [1.165, 1.54) is 12.1 Å². The summed E-state index contributed by atoms with van der Waals surface area (Å²) in [4.78, 5) is 24.9. The molecule has 0 aromatic heterocycles. The van der Waals surface area contributed by atoms with Gasteiger partial charge in [0.2, 0.25) is 11.8 Å². The van der Waals surface area contributed by atoms with Crippen molar-refractivity contribution in [2.45, 2.75) is 25.6 Å². The Morgan fingerprint density at radius 2 is 1.56 bits per heavy atom. The summed E-state index contributed by atoms with van der Waals surface area (Å²) in [6.07, 6.45) is -3.65. The van der Waals surface area contributed by atoms with Crippen LogP contribution in [0.3, 0.4) is 0 Å². The fourth-order valence-corrected chi connectivity index (χ4v) is 2.76. The number of hydrogen-bond donors (Lipinski definition) is 2. The third-order valence-corrected chi connectivity index (χ3v) is 4.71. The van der Waals surface area contributed by atoms with Gasteiger partial charge in [-0.3, -0.25) is 9.59 Å². The van der Waals surface area contributed by atoms with Crippen molar-refractivity contribution in [2.75, 3.05) is 5.32 Å². The summed E-state index contributed by atoms with van der Waals surface area (Å²) in [5.74, 6) is -0.919. The van der Waals surface area contributed by atoms with Gasteiger partial charge in [0.1, 0.15) is 5.41 Å². The summed E-state index contributed by atoms with van der Waals surface area (Å²) in [6.45, 7) is 0.255. The zero-order valence-electron chi connectivity index (χ0n) is 14.1. The molecule has 3 rings (SSSR count). The largest absolute Gasteiger partial charge is 0.416 e. The van der Waals surface area contributed by atoms with Gasteiger partial charge in [0.05, 0.1) is 5.56 Å². The minimum Gasteiger partial charge on any atom is -0.351 e. The van der Waals surface area contributed by atoms with Crippen LogP contribution >= 0.6 is 11.6 Å². The molecule has 27 heavy (non-hydrogen) atoms. The average Bonchev–Trinajstić information content (AvgIpc) is 3.43. The van der Waals surface area contributed by atoms with Gasteiger partial charge in [-0.15, -0.1) is 0 Å². The van der Waals surface area contributed by atoms with E-state index < -0.39 is 29.0 Å². The number of anilines is 1. The third kappa shape index (κ3) is 4.42. The van der Waals surface area contributed by atoms with E-state index in [-0.39, 0.29) is 12.2 Å². The summed E-state index contributed by atoms with van der Waals surface area (Å²) < 4.78 is 37.8. The number of benzene rings is 2. The first-order chi connectivity index (χ1) is 12.7. The first kappa shape index (κ1) is 19.2. The molecule has 2 aromatic carbocycles. The van der Waals surface area contributed by atoms with Gasteiger partial charge in [-0.05, 0) is 54.8 Å². The van der Waals surface area contributed by atoms with Gasteiger partial charge >= 0.3 is 6.18 Å². The van der Waals surface area contributed by atoms with Crippen LogP contribution in [-0.4, -0.2) is 11.8 Å². The molecule has 8 heteroatoms. The second-order valence-electron chi connectivity index (χ2n) is 6.42. The minimum absolute atomic E-state index is 0.213. The number of rotatable bonds is 5. The third-order valence-electron chi connectivity index (χ3n) is 4.46. The van der Waals surface area contributed by atoms with E-state index in [0.29, 0.717) is 17.9 Å². The zero-order valence-corrected chi connectivity index (χ0v) is 14.8. The van der Waals surface area contributed by atoms with E-state index in [2.05, 4.69) is 10.6 Å². The molecule has 4 nitrogen and oxygen atoms in total. The molecule has 1 aliphatic carbocycles. The van der Waals surface area contributed by atoms with Gasteiger partial charge < -0.3 is 10.6 Å². The predicted octanol–water partition coefficient (Wildman–Crippen LogP) is 4.39. The van der Waals surface area contributed by atoms with E-state index in [4.69, 9.17) is 11.6 Å². The maximum atomic E-state index is 12.6. The lowest BCUT2D eigenvalue weighted by atomic mass is 10.0. The molecule has 0 bridgehead atoms. The number of hydrogen-bond acceptors (Lipinski definition) is 2. The summed E-state index contributed by atoms with van der Waals surface area (Å²) >= 11 is 5.81. The van der Waals surface area contributed by atoms with E-state index in [1.54, 1.807) is 24.3 Å². The predicted molar refractivity (Wildman–Crippen MR) is 95.0 cm³/mol. The summed E-state index contributed by atoms with van der Waals surface area (Å²) in [5.41, 5.74) is -0.923. The zero-order chi connectivity index (χ0) is 19.7. The molecule has 1 aliphatic rings. The highest BCUT2D eigenvalue weighted by molar-refractivity contribution is 6.30. The monoisotopic (exact) mass is 396 g/mol. The molecule has 2 amide bonds. The number of carbonyl (C=O) groups is 2. The fraction of sp³-hybridized carbons (Fsp3) is 0.263. The van der Waals surface area contributed by atoms with Crippen LogP contribution in [0.4, 0.5) is 18.9 Å². The molecular formula is C19H16ClF3N2O2. The Kier molecular flexibility index (Phi) is 5.15. The Labute approximate surface area is 158 Å². The van der Waals surface area contributed by atoms with Crippen molar-refractivity contribution in [3.63, 3.8) is 0 Å². The van der Waals surface area contributed by atoms with E-state index in [9.17, 15) is 22.8 Å². The van der Waals surface area contributed by atoms with Crippen molar-refractivity contribution in [3.05, 3.63) is 64.7 Å². The normalized spacial score (nSPS) is 15.1. The Morgan fingerprint density at radius 3 is 2.07 bits per heavy atom. The number of halogens is 4. The number of carbonyl (C=O) groups excluding carboxylic acids is 2. The molecule has 0 atom stereocenters. The Bertz CT molecular complexity index is 845. The van der Waals surface area contributed by atoms with Crippen molar-refractivity contribution in [1.29, 1.82) is 0 Å². The average molecular weight is 397 g/mol. The molecule has 142 valence electrons. The van der Waals surface area contributed by atoms with Crippen LogP contribution in [0.5, 0.6) is 0 Å². The first-order valence-corrected chi connectivity index (χ1v) is 8.60. The molecule has 0 saturated heterocycles. The van der Waals surface area contributed by atoms with Crippen LogP contribution in [0, 0.1) is 5.41 Å². The Hall–Kier alpha value is -2.54. The van der Waals surface area contributed by atoms with Gasteiger partial charge in [-0.2, -0.15) is 13.2 Å². The Balaban J connectivity index is 1.60. The molecule has 0 heterocycles. The quantitative estimate of drug-likeness (QED) is 0.736. The molecule has 1 saturated carbocycles. The molecular weight excluding hydrogens is 381 g/mol. The summed E-state index contributed by atoms with van der Waals surface area (Å²) in [6, 6.07) is 11.0. The lowest BCUT2D eigenvalue weighted by Gasteiger charge is -2.16. The minimum atomic E-state index is -4.44. The summed E-state index contributed by atoms with van der Waals surface area (Å²) in [5, 5.41) is 5.83. The molecule has 0 radical (unpaired) electrons. The van der Waals surface area contributed by atoms with Gasteiger partial charge in [-0.1, -0.05) is 23.7 Å². The van der Waals surface area contributed by atoms with Crippen molar-refractivity contribution in [3.8, 4) is 0 Å². The topological polar surface area (TPSA) is 58.2 Å². The van der Waals surface area contributed by atoms with Crippen molar-refractivity contribution < 1.29 is 22.8 Å². The van der Waals surface area contributed by atoms with Gasteiger partial charge in [0.25, 0.3) is 0 Å². The van der Waals surface area contributed by atoms with Crippen molar-refractivity contribution >= 4 is 29.1 Å². The molecule has 1 fully saturated rings. The molecule has 0 unspecified atom stereocenters. The SMILES string of the molecule is O=C(NCc1ccc(Cl)cc1)C1(C(=O)Nc2ccc(C(F)(F)F)cc2)CC1. The molecule has 0 aliphatic heterocycles. The van der Waals surface area contributed by atoms with E-state index in [1.807, 2.05) is 0 Å². The smallest absolute Gasteiger partial charge is 0.351 e. The van der Waals surface area contributed by atoms with Gasteiger partial charge in [-0.25, -0.2) is 0 Å². The Morgan fingerprint density at radius 1 is 0.963 bits per heavy atom. The highest BCUT2D eigenvalue weighted by Crippen LogP contribution is 2.47. The maximum Gasteiger partial charge on any atom is 0.416 e.